The van der Waals surface area contributed by atoms with Gasteiger partial charge in [0.25, 0.3) is 0 Å². The minimum absolute atomic E-state index is 0.109. The summed E-state index contributed by atoms with van der Waals surface area (Å²) in [5.41, 5.74) is 2.31. The molecule has 0 spiro atoms. The Bertz CT molecular complexity index is 463. The van der Waals surface area contributed by atoms with Crippen molar-refractivity contribution in [3.05, 3.63) is 28.2 Å². The van der Waals surface area contributed by atoms with Gasteiger partial charge in [-0.2, -0.15) is 0 Å². The van der Waals surface area contributed by atoms with Gasteiger partial charge in [0.15, 0.2) is 0 Å². The molecule has 0 radical (unpaired) electrons. The Balaban J connectivity index is 2.78. The van der Waals surface area contributed by atoms with Gasteiger partial charge in [-0.05, 0) is 53.5 Å². The van der Waals surface area contributed by atoms with E-state index in [1.807, 2.05) is 0 Å². The number of carbonyl (C=O) groups excluding carboxylic acids is 1. The maximum atomic E-state index is 11.9. The molecule has 21 heavy (non-hydrogen) atoms. The van der Waals surface area contributed by atoms with Crippen LogP contribution in [0.3, 0.4) is 0 Å². The molecule has 0 bridgehead atoms. The van der Waals surface area contributed by atoms with Gasteiger partial charge in [-0.3, -0.25) is 4.79 Å². The van der Waals surface area contributed by atoms with Crippen LogP contribution < -0.4 is 10.2 Å². The molecule has 1 amide bonds. The molecule has 5 heteroatoms. The van der Waals surface area contributed by atoms with E-state index in [0.29, 0.717) is 6.54 Å². The van der Waals surface area contributed by atoms with Crippen molar-refractivity contribution in [2.24, 2.45) is 0 Å². The molecule has 0 fully saturated rings. The molecule has 118 valence electrons. The standard InChI is InChI=1S/C16H26BrN3O/c1-5-9-18-11-13-7-8-15(14(17)10-13)20(6-2)12-16(21)19(3)4/h7-8,10,18H,5-6,9,11-12H2,1-4H3. The summed E-state index contributed by atoms with van der Waals surface area (Å²) >= 11 is 3.63. The molecule has 0 aliphatic heterocycles. The first-order valence-corrected chi connectivity index (χ1v) is 8.23. The Morgan fingerprint density at radius 1 is 1.29 bits per heavy atom. The highest BCUT2D eigenvalue weighted by Crippen LogP contribution is 2.27. The van der Waals surface area contributed by atoms with Crippen molar-refractivity contribution in [3.8, 4) is 0 Å². The fourth-order valence-corrected chi connectivity index (χ4v) is 2.68. The van der Waals surface area contributed by atoms with Gasteiger partial charge >= 0.3 is 0 Å². The molecular formula is C16H26BrN3O. The van der Waals surface area contributed by atoms with Crippen LogP contribution in [0.25, 0.3) is 0 Å². The number of nitrogens with zero attached hydrogens (tertiary/aromatic N) is 2. The van der Waals surface area contributed by atoms with Crippen LogP contribution in [-0.2, 0) is 11.3 Å². The van der Waals surface area contributed by atoms with Gasteiger partial charge in [-0.15, -0.1) is 0 Å². The first-order chi connectivity index (χ1) is 9.99. The van der Waals surface area contributed by atoms with Gasteiger partial charge in [0.2, 0.25) is 5.91 Å². The average Bonchev–Trinajstić information content (AvgIpc) is 2.45. The number of anilines is 1. The van der Waals surface area contributed by atoms with Crippen LogP contribution in [0.5, 0.6) is 0 Å². The first kappa shape index (κ1) is 18.0. The summed E-state index contributed by atoms with van der Waals surface area (Å²) in [5, 5.41) is 3.39. The molecule has 1 aromatic rings. The van der Waals surface area contributed by atoms with Crippen LogP contribution in [0, 0.1) is 0 Å². The predicted octanol–water partition coefficient (Wildman–Crippen LogP) is 2.86. The highest BCUT2D eigenvalue weighted by atomic mass is 79.9. The number of hydrogen-bond acceptors (Lipinski definition) is 3. The summed E-state index contributed by atoms with van der Waals surface area (Å²) in [6, 6.07) is 6.33. The summed E-state index contributed by atoms with van der Waals surface area (Å²) in [7, 11) is 3.57. The number of benzene rings is 1. The Labute approximate surface area is 136 Å². The number of rotatable bonds is 8. The molecule has 1 N–H and O–H groups in total. The SMILES string of the molecule is CCCNCc1ccc(N(CC)CC(=O)N(C)C)c(Br)c1. The third kappa shape index (κ3) is 5.67. The van der Waals surface area contributed by atoms with E-state index in [4.69, 9.17) is 0 Å². The maximum Gasteiger partial charge on any atom is 0.241 e. The molecule has 0 aromatic heterocycles. The van der Waals surface area contributed by atoms with Gasteiger partial charge in [-0.25, -0.2) is 0 Å². The highest BCUT2D eigenvalue weighted by Gasteiger charge is 2.14. The summed E-state index contributed by atoms with van der Waals surface area (Å²) in [4.78, 5) is 15.6. The van der Waals surface area contributed by atoms with Gasteiger partial charge in [-0.1, -0.05) is 13.0 Å². The Morgan fingerprint density at radius 3 is 2.52 bits per heavy atom. The van der Waals surface area contributed by atoms with Gasteiger partial charge in [0.1, 0.15) is 0 Å². The first-order valence-electron chi connectivity index (χ1n) is 7.43. The summed E-state index contributed by atoms with van der Waals surface area (Å²) in [5.74, 6) is 0.109. The highest BCUT2D eigenvalue weighted by molar-refractivity contribution is 9.10. The third-order valence-corrected chi connectivity index (χ3v) is 3.95. The van der Waals surface area contributed by atoms with Crippen molar-refractivity contribution in [3.63, 3.8) is 0 Å². The zero-order valence-corrected chi connectivity index (χ0v) is 15.0. The van der Waals surface area contributed by atoms with Crippen molar-refractivity contribution in [1.29, 1.82) is 0 Å². The van der Waals surface area contributed by atoms with Gasteiger partial charge in [0, 0.05) is 31.7 Å². The van der Waals surface area contributed by atoms with E-state index < -0.39 is 0 Å². The monoisotopic (exact) mass is 355 g/mol. The van der Waals surface area contributed by atoms with E-state index in [1.54, 1.807) is 19.0 Å². The summed E-state index contributed by atoms with van der Waals surface area (Å²) in [6.45, 7) is 7.31. The van der Waals surface area contributed by atoms with Crippen molar-refractivity contribution < 1.29 is 4.79 Å². The van der Waals surface area contributed by atoms with Crippen LogP contribution in [0.15, 0.2) is 22.7 Å². The van der Waals surface area contributed by atoms with Crippen LogP contribution in [0.2, 0.25) is 0 Å². The van der Waals surface area contributed by atoms with Crippen LogP contribution in [0.1, 0.15) is 25.8 Å². The fraction of sp³-hybridized carbons (Fsp3) is 0.562. The van der Waals surface area contributed by atoms with Crippen molar-refractivity contribution in [2.45, 2.75) is 26.8 Å². The molecule has 1 rings (SSSR count). The van der Waals surface area contributed by atoms with E-state index in [0.717, 1.165) is 36.2 Å². The molecule has 0 heterocycles. The number of hydrogen-bond donors (Lipinski definition) is 1. The van der Waals surface area contributed by atoms with E-state index in [1.165, 1.54) is 5.56 Å². The van der Waals surface area contributed by atoms with Crippen LogP contribution >= 0.6 is 15.9 Å². The largest absolute Gasteiger partial charge is 0.362 e. The van der Waals surface area contributed by atoms with E-state index in [9.17, 15) is 4.79 Å². The lowest BCUT2D eigenvalue weighted by atomic mass is 10.2. The topological polar surface area (TPSA) is 35.6 Å². The number of nitrogens with one attached hydrogen (secondary N) is 1. The fourth-order valence-electron chi connectivity index (χ4n) is 2.00. The molecular weight excluding hydrogens is 330 g/mol. The summed E-state index contributed by atoms with van der Waals surface area (Å²) < 4.78 is 1.03. The maximum absolute atomic E-state index is 11.9. The van der Waals surface area contributed by atoms with Crippen LogP contribution in [0.4, 0.5) is 5.69 Å². The second-order valence-electron chi connectivity index (χ2n) is 5.26. The molecule has 0 saturated heterocycles. The quantitative estimate of drug-likeness (QED) is 0.728. The Morgan fingerprint density at radius 2 is 2.00 bits per heavy atom. The Hall–Kier alpha value is -1.07. The molecule has 0 unspecified atom stereocenters. The lowest BCUT2D eigenvalue weighted by Crippen LogP contribution is -2.36. The predicted molar refractivity (Wildman–Crippen MR) is 92.7 cm³/mol. The smallest absolute Gasteiger partial charge is 0.241 e. The Kier molecular flexibility index (Phi) is 7.75. The summed E-state index contributed by atoms with van der Waals surface area (Å²) in [6.07, 6.45) is 1.13. The minimum atomic E-state index is 0.109. The molecule has 1 aromatic carbocycles. The number of likely N-dealkylation sites (N-methyl/N-ethyl adjacent to an activating group) is 2. The number of halogens is 1. The molecule has 0 saturated carbocycles. The third-order valence-electron chi connectivity index (χ3n) is 3.32. The lowest BCUT2D eigenvalue weighted by Gasteiger charge is -2.25. The number of carbonyl (C=O) groups is 1. The second kappa shape index (κ2) is 9.05. The average molecular weight is 356 g/mol. The molecule has 0 atom stereocenters. The lowest BCUT2D eigenvalue weighted by molar-refractivity contribution is -0.127. The van der Waals surface area contributed by atoms with E-state index in [-0.39, 0.29) is 5.91 Å². The van der Waals surface area contributed by atoms with E-state index in [2.05, 4.69) is 58.2 Å². The van der Waals surface area contributed by atoms with Crippen LogP contribution in [-0.4, -0.2) is 44.5 Å². The zero-order valence-electron chi connectivity index (χ0n) is 13.4. The second-order valence-corrected chi connectivity index (χ2v) is 6.12. The number of amides is 1. The molecule has 4 nitrogen and oxygen atoms in total. The van der Waals surface area contributed by atoms with Crippen molar-refractivity contribution in [1.82, 2.24) is 10.2 Å². The van der Waals surface area contributed by atoms with Gasteiger partial charge in [0.05, 0.1) is 12.2 Å². The normalized spacial score (nSPS) is 10.5. The van der Waals surface area contributed by atoms with Crippen molar-refractivity contribution >= 4 is 27.5 Å². The zero-order chi connectivity index (χ0) is 15.8. The minimum Gasteiger partial charge on any atom is -0.362 e. The van der Waals surface area contributed by atoms with Gasteiger partial charge < -0.3 is 15.1 Å². The molecule has 0 aliphatic carbocycles. The molecule has 0 aliphatic rings. The van der Waals surface area contributed by atoms with E-state index >= 15 is 0 Å². The van der Waals surface area contributed by atoms with Crippen molar-refractivity contribution in [2.75, 3.05) is 38.6 Å².